The molecule has 1 saturated heterocycles. The second kappa shape index (κ2) is 4.65. The highest BCUT2D eigenvalue weighted by molar-refractivity contribution is 7.43. The summed E-state index contributed by atoms with van der Waals surface area (Å²) in [4.78, 5) is 20.9. The molecule has 0 aromatic heterocycles. The molecule has 0 aliphatic carbocycles. The number of phosphoric ester groups is 1. The molecule has 4 atom stereocenters. The lowest BCUT2D eigenvalue weighted by Gasteiger charge is -2.49. The van der Waals surface area contributed by atoms with Crippen molar-refractivity contribution in [2.75, 3.05) is 13.2 Å². The first kappa shape index (κ1) is 14.0. The van der Waals surface area contributed by atoms with Gasteiger partial charge >= 0.3 is 0 Å². The Morgan fingerprint density at radius 3 is 2.44 bits per heavy atom. The average molecular weight is 258 g/mol. The first-order chi connectivity index (χ1) is 7.23. The van der Waals surface area contributed by atoms with Gasteiger partial charge in [0.2, 0.25) is 0 Å². The molecule has 10 heteroatoms. The predicted octanol–water partition coefficient (Wildman–Crippen LogP) is -4.37. The maximum atomic E-state index is 10.4. The van der Waals surface area contributed by atoms with Crippen LogP contribution in [-0.2, 0) is 13.8 Å². The number of rotatable bonds is 3. The highest BCUT2D eigenvalue weighted by Gasteiger charge is 2.53. The molecule has 1 rings (SSSR count). The second-order valence-electron chi connectivity index (χ2n) is 3.35. The van der Waals surface area contributed by atoms with Gasteiger partial charge < -0.3 is 44.0 Å². The van der Waals surface area contributed by atoms with Crippen molar-refractivity contribution in [3.63, 3.8) is 0 Å². The van der Waals surface area contributed by atoms with E-state index in [-0.39, 0.29) is 0 Å². The van der Waals surface area contributed by atoms with Crippen molar-refractivity contribution in [1.29, 1.82) is 0 Å². The molecule has 96 valence electrons. The average Bonchev–Trinajstić information content (AvgIpc) is 2.17. The van der Waals surface area contributed by atoms with E-state index in [0.717, 1.165) is 0 Å². The SMILES string of the molecule is O=P([O-])([O-])O[C@@]1(CO)C(O)OC[C@@H](O)[C@H]1O. The summed E-state index contributed by atoms with van der Waals surface area (Å²) in [5.74, 6) is 0. The Balaban J connectivity index is 3.01. The minimum atomic E-state index is -5.59. The van der Waals surface area contributed by atoms with Crippen LogP contribution in [0.15, 0.2) is 0 Å². The van der Waals surface area contributed by atoms with Crippen LogP contribution in [0.25, 0.3) is 0 Å². The summed E-state index contributed by atoms with van der Waals surface area (Å²) >= 11 is 0. The van der Waals surface area contributed by atoms with Crippen LogP contribution in [0.5, 0.6) is 0 Å². The number of ether oxygens (including phenoxy) is 1. The van der Waals surface area contributed by atoms with E-state index in [1.807, 2.05) is 0 Å². The fourth-order valence-corrected chi connectivity index (χ4v) is 2.07. The molecule has 9 nitrogen and oxygen atoms in total. The number of hydrogen-bond acceptors (Lipinski definition) is 9. The largest absolute Gasteiger partial charge is 0.790 e. The standard InChI is InChI=1S/C6H13O9P/c7-2-6(15-16(11,12)13)4(9)3(8)1-14-5(6)10/h3-5,7-10H,1-2H2,(H2,11,12,13)/p-2/t3-,4-,5?,6-/m1/s1. The number of aliphatic hydroxyl groups is 4. The van der Waals surface area contributed by atoms with Gasteiger partial charge in [-0.2, -0.15) is 0 Å². The predicted molar refractivity (Wildman–Crippen MR) is 42.5 cm³/mol. The van der Waals surface area contributed by atoms with Crippen molar-refractivity contribution in [2.45, 2.75) is 24.1 Å². The molecule has 1 fully saturated rings. The fourth-order valence-electron chi connectivity index (χ4n) is 1.40. The second-order valence-corrected chi connectivity index (χ2v) is 4.43. The third-order valence-corrected chi connectivity index (χ3v) is 2.80. The van der Waals surface area contributed by atoms with E-state index in [9.17, 15) is 29.7 Å². The van der Waals surface area contributed by atoms with Crippen LogP contribution >= 0.6 is 7.82 Å². The number of phosphoric acid groups is 1. The molecule has 0 spiro atoms. The molecule has 1 heterocycles. The van der Waals surface area contributed by atoms with E-state index in [4.69, 9.17) is 5.11 Å². The van der Waals surface area contributed by atoms with Crippen LogP contribution in [-0.4, -0.2) is 57.7 Å². The Hall–Kier alpha value is -0.0900. The van der Waals surface area contributed by atoms with Crippen molar-refractivity contribution in [3.05, 3.63) is 0 Å². The summed E-state index contributed by atoms with van der Waals surface area (Å²) < 4.78 is 18.8. The fraction of sp³-hybridized carbons (Fsp3) is 1.00. The minimum Gasteiger partial charge on any atom is -0.790 e. The Morgan fingerprint density at radius 1 is 1.44 bits per heavy atom. The summed E-state index contributed by atoms with van der Waals surface area (Å²) in [5.41, 5.74) is -2.60. The van der Waals surface area contributed by atoms with Crippen LogP contribution in [0, 0.1) is 0 Å². The van der Waals surface area contributed by atoms with Crippen LogP contribution in [0.4, 0.5) is 0 Å². The first-order valence-corrected chi connectivity index (χ1v) is 5.68. The monoisotopic (exact) mass is 258 g/mol. The van der Waals surface area contributed by atoms with Gasteiger partial charge in [0.05, 0.1) is 21.0 Å². The summed E-state index contributed by atoms with van der Waals surface area (Å²) in [7, 11) is -5.59. The molecule has 1 aliphatic rings. The van der Waals surface area contributed by atoms with Crippen LogP contribution < -0.4 is 9.79 Å². The van der Waals surface area contributed by atoms with E-state index in [1.54, 1.807) is 0 Å². The first-order valence-electron chi connectivity index (χ1n) is 4.22. The molecule has 1 aliphatic heterocycles. The highest BCUT2D eigenvalue weighted by atomic mass is 31.2. The van der Waals surface area contributed by atoms with Gasteiger partial charge in [-0.15, -0.1) is 0 Å². The lowest BCUT2D eigenvalue weighted by atomic mass is 9.90. The van der Waals surface area contributed by atoms with E-state index < -0.39 is 45.1 Å². The molecular weight excluding hydrogens is 247 g/mol. The minimum absolute atomic E-state index is 0.491. The van der Waals surface area contributed by atoms with Crippen LogP contribution in [0.3, 0.4) is 0 Å². The zero-order valence-corrected chi connectivity index (χ0v) is 8.82. The van der Waals surface area contributed by atoms with E-state index in [2.05, 4.69) is 9.26 Å². The van der Waals surface area contributed by atoms with E-state index in [1.165, 1.54) is 0 Å². The molecule has 0 saturated carbocycles. The Bertz CT molecular complexity index is 290. The van der Waals surface area contributed by atoms with Gasteiger partial charge in [-0.25, -0.2) is 0 Å². The van der Waals surface area contributed by atoms with Crippen molar-refractivity contribution in [3.8, 4) is 0 Å². The third kappa shape index (κ3) is 2.59. The van der Waals surface area contributed by atoms with Crippen LogP contribution in [0.1, 0.15) is 0 Å². The normalized spacial score (nSPS) is 41.0. The summed E-state index contributed by atoms with van der Waals surface area (Å²) in [5, 5.41) is 36.9. The Morgan fingerprint density at radius 2 is 2.00 bits per heavy atom. The topological polar surface area (TPSA) is 163 Å². The molecule has 0 aromatic carbocycles. The molecule has 16 heavy (non-hydrogen) atoms. The molecule has 0 amide bonds. The molecule has 4 N–H and O–H groups in total. The summed E-state index contributed by atoms with van der Waals surface area (Å²) in [6.45, 7) is -1.71. The van der Waals surface area contributed by atoms with E-state index >= 15 is 0 Å². The van der Waals surface area contributed by atoms with Crippen molar-refractivity contribution in [1.82, 2.24) is 0 Å². The van der Waals surface area contributed by atoms with Crippen LogP contribution in [0.2, 0.25) is 0 Å². The molecular formula is C6H11O9P-2. The molecule has 0 aromatic rings. The van der Waals surface area contributed by atoms with Crippen molar-refractivity contribution < 1.29 is 44.0 Å². The number of aliphatic hydroxyl groups excluding tert-OH is 4. The van der Waals surface area contributed by atoms with Crippen molar-refractivity contribution >= 4 is 7.82 Å². The lowest BCUT2D eigenvalue weighted by molar-refractivity contribution is -0.377. The highest BCUT2D eigenvalue weighted by Crippen LogP contribution is 2.39. The third-order valence-electron chi connectivity index (χ3n) is 2.24. The van der Waals surface area contributed by atoms with Gasteiger partial charge in [-0.05, 0) is 0 Å². The number of hydrogen-bond donors (Lipinski definition) is 4. The molecule has 1 unspecified atom stereocenters. The zero-order chi connectivity index (χ0) is 12.6. The van der Waals surface area contributed by atoms with Gasteiger partial charge in [-0.3, -0.25) is 0 Å². The maximum Gasteiger partial charge on any atom is 0.189 e. The maximum absolute atomic E-state index is 10.4. The van der Waals surface area contributed by atoms with E-state index in [0.29, 0.717) is 0 Å². The van der Waals surface area contributed by atoms with Gasteiger partial charge in [-0.1, -0.05) is 0 Å². The quantitative estimate of drug-likeness (QED) is 0.366. The smallest absolute Gasteiger partial charge is 0.189 e. The zero-order valence-electron chi connectivity index (χ0n) is 7.92. The lowest BCUT2D eigenvalue weighted by Crippen LogP contribution is -2.66. The molecule has 0 bridgehead atoms. The van der Waals surface area contributed by atoms with Gasteiger partial charge in [0.15, 0.2) is 11.9 Å². The molecule has 0 radical (unpaired) electrons. The Kier molecular flexibility index (Phi) is 4.06. The van der Waals surface area contributed by atoms with Gasteiger partial charge in [0, 0.05) is 0 Å². The summed E-state index contributed by atoms with van der Waals surface area (Å²) in [6, 6.07) is 0. The van der Waals surface area contributed by atoms with Gasteiger partial charge in [0.25, 0.3) is 0 Å². The Labute approximate surface area is 90.1 Å². The van der Waals surface area contributed by atoms with Gasteiger partial charge in [0.1, 0.15) is 12.2 Å². The summed E-state index contributed by atoms with van der Waals surface area (Å²) in [6.07, 6.45) is -5.62. The van der Waals surface area contributed by atoms with Crippen molar-refractivity contribution in [2.24, 2.45) is 0 Å².